The van der Waals surface area contributed by atoms with Crippen LogP contribution in [0.2, 0.25) is 0 Å². The van der Waals surface area contributed by atoms with Gasteiger partial charge in [0.25, 0.3) is 0 Å². The third-order valence-corrected chi connectivity index (χ3v) is 2.37. The van der Waals surface area contributed by atoms with Gasteiger partial charge in [0.15, 0.2) is 5.82 Å². The highest BCUT2D eigenvalue weighted by molar-refractivity contribution is 8.13. The van der Waals surface area contributed by atoms with Crippen LogP contribution in [0.5, 0.6) is 0 Å². The minimum absolute atomic E-state index is 0.222. The predicted octanol–water partition coefficient (Wildman–Crippen LogP) is 2.04. The molecule has 0 amide bonds. The molecular weight excluding hydrogens is 189 g/mol. The van der Waals surface area contributed by atoms with E-state index >= 15 is 0 Å². The Morgan fingerprint density at radius 2 is 2.31 bits per heavy atom. The minimum atomic E-state index is -0.374. The first-order valence-electron chi connectivity index (χ1n) is 3.97. The molecule has 0 aliphatic heterocycles. The van der Waals surface area contributed by atoms with Crippen LogP contribution in [0.25, 0.3) is 0 Å². The molecule has 72 valence electrons. The highest BCUT2D eigenvalue weighted by atomic mass is 32.2. The van der Waals surface area contributed by atoms with Gasteiger partial charge in [-0.2, -0.15) is 5.10 Å². The molecule has 1 rings (SSSR count). The van der Waals surface area contributed by atoms with Gasteiger partial charge in [-0.1, -0.05) is 0 Å². The number of aryl methyl sites for hydroxylation is 2. The van der Waals surface area contributed by atoms with Crippen LogP contribution in [-0.2, 0) is 6.54 Å². The molecule has 0 spiro atoms. The van der Waals surface area contributed by atoms with E-state index in [2.05, 4.69) is 5.10 Å². The topological polar surface area (TPSA) is 41.7 Å². The second-order valence-electron chi connectivity index (χ2n) is 2.60. The molecule has 3 nitrogen and oxygen atoms in total. The molecule has 1 aromatic heterocycles. The summed E-state index contributed by atoms with van der Waals surface area (Å²) in [5, 5.41) is 11.7. The van der Waals surface area contributed by atoms with E-state index in [4.69, 9.17) is 5.41 Å². The lowest BCUT2D eigenvalue weighted by molar-refractivity contribution is 0.607. The van der Waals surface area contributed by atoms with Gasteiger partial charge in [-0.3, -0.25) is 10.1 Å². The fourth-order valence-electron chi connectivity index (χ4n) is 1.10. The van der Waals surface area contributed by atoms with Crippen molar-refractivity contribution in [3.8, 4) is 0 Å². The highest BCUT2D eigenvalue weighted by Crippen LogP contribution is 2.16. The van der Waals surface area contributed by atoms with E-state index in [-0.39, 0.29) is 10.9 Å². The van der Waals surface area contributed by atoms with Crippen molar-refractivity contribution in [1.29, 1.82) is 5.41 Å². The number of halogens is 1. The van der Waals surface area contributed by atoms with E-state index in [0.717, 1.165) is 0 Å². The Hall–Kier alpha value is -0.840. The second kappa shape index (κ2) is 3.91. The quantitative estimate of drug-likeness (QED) is 0.587. The monoisotopic (exact) mass is 201 g/mol. The number of thioether (sulfide) groups is 1. The molecule has 1 aromatic rings. The summed E-state index contributed by atoms with van der Waals surface area (Å²) in [7, 11) is 0. The fraction of sp³-hybridized carbons (Fsp3) is 0.500. The molecule has 1 heterocycles. The van der Waals surface area contributed by atoms with Crippen molar-refractivity contribution in [3.05, 3.63) is 17.2 Å². The van der Waals surface area contributed by atoms with Gasteiger partial charge in [-0.05, 0) is 20.1 Å². The average Bonchev–Trinajstić information content (AvgIpc) is 2.42. The highest BCUT2D eigenvalue weighted by Gasteiger charge is 2.17. The summed E-state index contributed by atoms with van der Waals surface area (Å²) in [5.41, 5.74) is 0.656. The molecule has 13 heavy (non-hydrogen) atoms. The Kier molecular flexibility index (Phi) is 3.08. The summed E-state index contributed by atoms with van der Waals surface area (Å²) in [5.74, 6) is -0.374. The summed E-state index contributed by atoms with van der Waals surface area (Å²) in [6.07, 6.45) is 1.75. The molecule has 0 saturated carbocycles. The molecule has 0 aliphatic rings. The summed E-state index contributed by atoms with van der Waals surface area (Å²) in [6.45, 7) is 4.07. The Morgan fingerprint density at radius 3 is 2.77 bits per heavy atom. The third-order valence-electron chi connectivity index (χ3n) is 1.77. The molecule has 0 radical (unpaired) electrons. The molecule has 0 fully saturated rings. The molecule has 0 atom stereocenters. The Labute approximate surface area is 80.8 Å². The van der Waals surface area contributed by atoms with Gasteiger partial charge in [-0.15, -0.1) is 11.8 Å². The van der Waals surface area contributed by atoms with Crippen LogP contribution in [0, 0.1) is 18.2 Å². The van der Waals surface area contributed by atoms with E-state index < -0.39 is 0 Å². The van der Waals surface area contributed by atoms with Crippen molar-refractivity contribution < 1.29 is 4.39 Å². The SMILES string of the molecule is CCn1nc(C)c(F)c1C(=N)SC. The first kappa shape index (κ1) is 10.2. The number of nitrogens with one attached hydrogen (secondary N) is 1. The maximum atomic E-state index is 13.4. The van der Waals surface area contributed by atoms with Crippen molar-refractivity contribution in [1.82, 2.24) is 9.78 Å². The molecule has 1 N–H and O–H groups in total. The first-order valence-corrected chi connectivity index (χ1v) is 5.20. The van der Waals surface area contributed by atoms with Crippen LogP contribution in [0.3, 0.4) is 0 Å². The lowest BCUT2D eigenvalue weighted by Crippen LogP contribution is -2.07. The normalized spacial score (nSPS) is 10.5. The smallest absolute Gasteiger partial charge is 0.174 e. The Morgan fingerprint density at radius 1 is 1.69 bits per heavy atom. The molecule has 0 saturated heterocycles. The second-order valence-corrected chi connectivity index (χ2v) is 3.41. The van der Waals surface area contributed by atoms with Crippen LogP contribution in [0.15, 0.2) is 0 Å². The maximum Gasteiger partial charge on any atom is 0.174 e. The zero-order chi connectivity index (χ0) is 10.0. The molecule has 0 aliphatic carbocycles. The van der Waals surface area contributed by atoms with E-state index in [1.165, 1.54) is 16.4 Å². The molecule has 0 aromatic carbocycles. The lowest BCUT2D eigenvalue weighted by Gasteiger charge is -2.02. The van der Waals surface area contributed by atoms with Crippen LogP contribution in [0.4, 0.5) is 4.39 Å². The van der Waals surface area contributed by atoms with Gasteiger partial charge < -0.3 is 0 Å². The Balaban J connectivity index is 3.23. The Bertz CT molecular complexity index is 332. The zero-order valence-corrected chi connectivity index (χ0v) is 8.70. The van der Waals surface area contributed by atoms with Crippen LogP contribution < -0.4 is 0 Å². The average molecular weight is 201 g/mol. The van der Waals surface area contributed by atoms with Gasteiger partial charge in [0, 0.05) is 6.54 Å². The lowest BCUT2D eigenvalue weighted by atomic mass is 10.3. The number of nitrogens with zero attached hydrogens (tertiary/aromatic N) is 2. The zero-order valence-electron chi connectivity index (χ0n) is 7.89. The largest absolute Gasteiger partial charge is 0.292 e. The van der Waals surface area contributed by atoms with E-state index in [9.17, 15) is 4.39 Å². The van der Waals surface area contributed by atoms with Gasteiger partial charge in [0.2, 0.25) is 0 Å². The van der Waals surface area contributed by atoms with E-state index in [0.29, 0.717) is 17.9 Å². The summed E-state index contributed by atoms with van der Waals surface area (Å²) < 4.78 is 14.9. The van der Waals surface area contributed by atoms with Crippen molar-refractivity contribution in [3.63, 3.8) is 0 Å². The summed E-state index contributed by atoms with van der Waals surface area (Å²) in [6, 6.07) is 0. The first-order chi connectivity index (χ1) is 6.11. The van der Waals surface area contributed by atoms with Crippen molar-refractivity contribution in [2.45, 2.75) is 20.4 Å². The van der Waals surface area contributed by atoms with Gasteiger partial charge in [0.1, 0.15) is 10.7 Å². The van der Waals surface area contributed by atoms with Gasteiger partial charge in [0.05, 0.1) is 5.69 Å². The molecular formula is C8H12FN3S. The van der Waals surface area contributed by atoms with Crippen molar-refractivity contribution in [2.75, 3.05) is 6.26 Å². The number of rotatable bonds is 2. The maximum absolute atomic E-state index is 13.4. The van der Waals surface area contributed by atoms with Crippen molar-refractivity contribution in [2.24, 2.45) is 0 Å². The fourth-order valence-corrected chi connectivity index (χ4v) is 1.49. The molecule has 0 bridgehead atoms. The van der Waals surface area contributed by atoms with E-state index in [1.807, 2.05) is 6.92 Å². The molecule has 0 unspecified atom stereocenters. The summed E-state index contributed by atoms with van der Waals surface area (Å²) >= 11 is 1.22. The third kappa shape index (κ3) is 1.75. The number of hydrogen-bond donors (Lipinski definition) is 1. The van der Waals surface area contributed by atoms with Crippen molar-refractivity contribution >= 4 is 16.8 Å². The van der Waals surface area contributed by atoms with Crippen LogP contribution in [-0.4, -0.2) is 21.1 Å². The van der Waals surface area contributed by atoms with Crippen LogP contribution in [0.1, 0.15) is 18.3 Å². The van der Waals surface area contributed by atoms with Gasteiger partial charge >= 0.3 is 0 Å². The number of aromatic nitrogens is 2. The standard InChI is InChI=1S/C8H12FN3S/c1-4-12-7(8(10)13-3)6(9)5(2)11-12/h10H,4H2,1-3H3. The predicted molar refractivity (Wildman–Crippen MR) is 52.9 cm³/mol. The summed E-state index contributed by atoms with van der Waals surface area (Å²) in [4.78, 5) is 0. The minimum Gasteiger partial charge on any atom is -0.292 e. The van der Waals surface area contributed by atoms with E-state index in [1.54, 1.807) is 13.2 Å². The van der Waals surface area contributed by atoms with Crippen LogP contribution >= 0.6 is 11.8 Å². The van der Waals surface area contributed by atoms with Gasteiger partial charge in [-0.25, -0.2) is 4.39 Å². The molecule has 5 heteroatoms. The number of hydrogen-bond acceptors (Lipinski definition) is 3.